The second kappa shape index (κ2) is 9.33. The number of carbonyl (C=O) groups is 3. The summed E-state index contributed by atoms with van der Waals surface area (Å²) in [6.07, 6.45) is -1.87. The van der Waals surface area contributed by atoms with Crippen LogP contribution in [0.25, 0.3) is 11.4 Å². The summed E-state index contributed by atoms with van der Waals surface area (Å²) < 4.78 is 16.1. The minimum Gasteiger partial charge on any atom is -0.494 e. The average Bonchev–Trinajstić information content (AvgIpc) is 2.64. The lowest BCUT2D eigenvalue weighted by Gasteiger charge is -2.28. The number of ether oxygens (including phenoxy) is 3. The number of hydrogen-bond acceptors (Lipinski definition) is 8. The van der Waals surface area contributed by atoms with Crippen LogP contribution < -0.4 is 9.64 Å². The molecule has 2 heterocycles. The topological polar surface area (TPSA) is 108 Å². The van der Waals surface area contributed by atoms with Crippen LogP contribution in [0, 0.1) is 0 Å². The first-order chi connectivity index (χ1) is 14.7. The van der Waals surface area contributed by atoms with Crippen LogP contribution in [0.1, 0.15) is 59.0 Å². The first-order valence-corrected chi connectivity index (χ1v) is 10.0. The van der Waals surface area contributed by atoms with Crippen LogP contribution in [0.4, 0.5) is 15.4 Å². The fourth-order valence-corrected chi connectivity index (χ4v) is 2.55. The normalized spacial score (nSPS) is 11.5. The number of amides is 2. The fourth-order valence-electron chi connectivity index (χ4n) is 2.55. The molecule has 0 radical (unpaired) electrons. The van der Waals surface area contributed by atoms with Crippen molar-refractivity contribution in [1.29, 1.82) is 0 Å². The number of Topliss-reactive ketones (excluding diaryl/α,β-unsaturated/α-hetero) is 1. The number of carbonyl (C=O) groups excluding carboxylic acids is 3. The highest BCUT2D eigenvalue weighted by atomic mass is 16.6. The summed E-state index contributed by atoms with van der Waals surface area (Å²) >= 11 is 0. The molecule has 0 aliphatic carbocycles. The fraction of sp³-hybridized carbons (Fsp3) is 0.435. The minimum atomic E-state index is -0.936. The van der Waals surface area contributed by atoms with Crippen molar-refractivity contribution < 1.29 is 28.6 Å². The summed E-state index contributed by atoms with van der Waals surface area (Å²) in [5.41, 5.74) is -0.899. The van der Waals surface area contributed by atoms with Crippen LogP contribution in [0.15, 0.2) is 30.3 Å². The number of methoxy groups -OCH3 is 1. The summed E-state index contributed by atoms with van der Waals surface area (Å²) in [6.45, 7) is 11.5. The van der Waals surface area contributed by atoms with E-state index in [0.29, 0.717) is 11.4 Å². The Morgan fingerprint density at radius 1 is 0.844 bits per heavy atom. The minimum absolute atomic E-state index is 0.0249. The molecule has 0 fully saturated rings. The lowest BCUT2D eigenvalue weighted by Crippen LogP contribution is -2.44. The number of imide groups is 1. The standard InChI is InChI=1S/C23H29N3O6/c1-14(27)15-12-13-17(30-8)19(25-15)16-10-9-11-18(24-16)26(20(28)31-22(2,3)4)21(29)32-23(5,6)7/h9-13H,1-8H3. The monoisotopic (exact) mass is 443 g/mol. The number of anilines is 1. The van der Waals surface area contributed by atoms with E-state index in [1.54, 1.807) is 65.8 Å². The van der Waals surface area contributed by atoms with Crippen molar-refractivity contribution >= 4 is 23.8 Å². The number of rotatable bonds is 4. The SMILES string of the molecule is COc1ccc(C(C)=O)nc1-c1cccc(N(C(=O)OC(C)(C)C)C(=O)OC(C)(C)C)n1. The molecule has 0 saturated carbocycles. The Morgan fingerprint density at radius 2 is 1.41 bits per heavy atom. The van der Waals surface area contributed by atoms with Crippen LogP contribution in [-0.2, 0) is 9.47 Å². The van der Waals surface area contributed by atoms with Gasteiger partial charge >= 0.3 is 12.2 Å². The van der Waals surface area contributed by atoms with Crippen molar-refractivity contribution in [2.24, 2.45) is 0 Å². The third-order valence-electron chi connectivity index (χ3n) is 3.80. The molecule has 0 aliphatic rings. The highest BCUT2D eigenvalue weighted by molar-refractivity contribution is 6.08. The van der Waals surface area contributed by atoms with Crippen molar-refractivity contribution in [2.45, 2.75) is 59.7 Å². The van der Waals surface area contributed by atoms with Gasteiger partial charge in [-0.1, -0.05) is 6.07 Å². The van der Waals surface area contributed by atoms with Crippen LogP contribution in [0.3, 0.4) is 0 Å². The Balaban J connectivity index is 2.59. The van der Waals surface area contributed by atoms with Gasteiger partial charge in [0.25, 0.3) is 0 Å². The van der Waals surface area contributed by atoms with Gasteiger partial charge < -0.3 is 14.2 Å². The molecule has 2 rings (SSSR count). The molecule has 0 N–H and O–H groups in total. The van der Waals surface area contributed by atoms with Gasteiger partial charge in [0.2, 0.25) is 0 Å². The molecular formula is C23H29N3O6. The first-order valence-electron chi connectivity index (χ1n) is 10.0. The highest BCUT2D eigenvalue weighted by Gasteiger charge is 2.33. The maximum atomic E-state index is 12.9. The van der Waals surface area contributed by atoms with Gasteiger partial charge in [0.1, 0.15) is 34.2 Å². The Bertz CT molecular complexity index is 993. The van der Waals surface area contributed by atoms with Gasteiger partial charge in [0.05, 0.1) is 12.8 Å². The average molecular weight is 444 g/mol. The molecule has 0 aliphatic heterocycles. The molecule has 0 bridgehead atoms. The zero-order chi connectivity index (χ0) is 24.3. The second-order valence-electron chi connectivity index (χ2n) is 8.98. The van der Waals surface area contributed by atoms with E-state index in [4.69, 9.17) is 14.2 Å². The number of aromatic nitrogens is 2. The third kappa shape index (κ3) is 6.50. The molecule has 0 spiro atoms. The van der Waals surface area contributed by atoms with Gasteiger partial charge in [-0.15, -0.1) is 0 Å². The zero-order valence-corrected chi connectivity index (χ0v) is 19.7. The molecule has 9 nitrogen and oxygen atoms in total. The second-order valence-corrected chi connectivity index (χ2v) is 8.98. The van der Waals surface area contributed by atoms with Gasteiger partial charge in [0.15, 0.2) is 5.78 Å². The Morgan fingerprint density at radius 3 is 1.88 bits per heavy atom. The number of pyridine rings is 2. The maximum Gasteiger partial charge on any atom is 0.425 e. The Hall–Kier alpha value is -3.49. The lowest BCUT2D eigenvalue weighted by molar-refractivity contribution is 0.0429. The van der Waals surface area contributed by atoms with Crippen molar-refractivity contribution in [3.05, 3.63) is 36.0 Å². The smallest absolute Gasteiger partial charge is 0.425 e. The summed E-state index contributed by atoms with van der Waals surface area (Å²) in [4.78, 5) is 47.0. The van der Waals surface area contributed by atoms with Crippen molar-refractivity contribution in [2.75, 3.05) is 12.0 Å². The predicted octanol–water partition coefficient (Wildman–Crippen LogP) is 5.03. The lowest BCUT2D eigenvalue weighted by atomic mass is 10.2. The molecule has 172 valence electrons. The van der Waals surface area contributed by atoms with E-state index in [1.807, 2.05) is 0 Å². The molecule has 9 heteroatoms. The van der Waals surface area contributed by atoms with E-state index in [0.717, 1.165) is 4.90 Å². The van der Waals surface area contributed by atoms with Crippen molar-refractivity contribution in [3.8, 4) is 17.1 Å². The van der Waals surface area contributed by atoms with Gasteiger partial charge in [-0.2, -0.15) is 4.90 Å². The maximum absolute atomic E-state index is 12.9. The summed E-state index contributed by atoms with van der Waals surface area (Å²) in [7, 11) is 1.46. The molecule has 2 aromatic rings. The van der Waals surface area contributed by atoms with E-state index >= 15 is 0 Å². The third-order valence-corrected chi connectivity index (χ3v) is 3.80. The van der Waals surface area contributed by atoms with Crippen LogP contribution in [0.5, 0.6) is 5.75 Å². The molecule has 32 heavy (non-hydrogen) atoms. The number of hydrogen-bond donors (Lipinski definition) is 0. The molecule has 0 aromatic carbocycles. The van der Waals surface area contributed by atoms with Gasteiger partial charge in [0, 0.05) is 6.92 Å². The largest absolute Gasteiger partial charge is 0.494 e. The van der Waals surface area contributed by atoms with E-state index in [-0.39, 0.29) is 23.0 Å². The summed E-state index contributed by atoms with van der Waals surface area (Å²) in [5.74, 6) is 0.123. The zero-order valence-electron chi connectivity index (χ0n) is 19.7. The molecule has 0 atom stereocenters. The molecular weight excluding hydrogens is 414 g/mol. The van der Waals surface area contributed by atoms with Gasteiger partial charge in [-0.25, -0.2) is 19.6 Å². The first kappa shape index (κ1) is 24.8. The number of ketones is 1. The van der Waals surface area contributed by atoms with Crippen LogP contribution in [-0.4, -0.2) is 46.2 Å². The van der Waals surface area contributed by atoms with E-state index in [9.17, 15) is 14.4 Å². The van der Waals surface area contributed by atoms with Crippen molar-refractivity contribution in [1.82, 2.24) is 9.97 Å². The number of nitrogens with zero attached hydrogens (tertiary/aromatic N) is 3. The van der Waals surface area contributed by atoms with Crippen LogP contribution in [0.2, 0.25) is 0 Å². The summed E-state index contributed by atoms with van der Waals surface area (Å²) in [5, 5.41) is 0. The molecule has 0 unspecified atom stereocenters. The van der Waals surface area contributed by atoms with E-state index < -0.39 is 23.4 Å². The Kier molecular flexibility index (Phi) is 7.23. The molecule has 0 saturated heterocycles. The summed E-state index contributed by atoms with van der Waals surface area (Å²) in [6, 6.07) is 7.84. The van der Waals surface area contributed by atoms with E-state index in [2.05, 4.69) is 9.97 Å². The van der Waals surface area contributed by atoms with Gasteiger partial charge in [-0.05, 0) is 65.8 Å². The van der Waals surface area contributed by atoms with Gasteiger partial charge in [-0.3, -0.25) is 4.79 Å². The highest BCUT2D eigenvalue weighted by Crippen LogP contribution is 2.29. The Labute approximate surface area is 187 Å². The van der Waals surface area contributed by atoms with E-state index in [1.165, 1.54) is 20.1 Å². The van der Waals surface area contributed by atoms with Crippen molar-refractivity contribution in [3.63, 3.8) is 0 Å². The molecule has 2 amide bonds. The quantitative estimate of drug-likeness (QED) is 0.605. The molecule has 2 aromatic heterocycles. The predicted molar refractivity (Wildman–Crippen MR) is 119 cm³/mol. The van der Waals surface area contributed by atoms with Crippen LogP contribution >= 0.6 is 0 Å².